The van der Waals surface area contributed by atoms with E-state index in [0.29, 0.717) is 13.2 Å². The van der Waals surface area contributed by atoms with E-state index in [4.69, 9.17) is 4.74 Å². The van der Waals surface area contributed by atoms with Crippen LogP contribution in [0.1, 0.15) is 29.2 Å². The van der Waals surface area contributed by atoms with Gasteiger partial charge in [-0.3, -0.25) is 4.79 Å². The van der Waals surface area contributed by atoms with Crippen molar-refractivity contribution in [3.8, 4) is 5.75 Å². The molecule has 0 spiro atoms. The summed E-state index contributed by atoms with van der Waals surface area (Å²) in [5.41, 5.74) is 5.28. The average molecular weight is 355 g/mol. The van der Waals surface area contributed by atoms with E-state index >= 15 is 0 Å². The molecular weight excluding hydrogens is 334 g/mol. The first kappa shape index (κ1) is 17.1. The smallest absolute Gasteiger partial charge is 0.224 e. The molecule has 0 radical (unpaired) electrons. The molecule has 27 heavy (non-hydrogen) atoms. The minimum atomic E-state index is 0.0353. The van der Waals surface area contributed by atoms with Crippen LogP contribution >= 0.6 is 0 Å². The molecule has 0 fully saturated rings. The SMILES string of the molecule is CC(=O)N1Cc2ccc(OCc3ccccc3)cc2/C=C\c2ccccc21. The maximum atomic E-state index is 12.2. The number of amides is 1. The normalized spacial score (nSPS) is 13.7. The van der Waals surface area contributed by atoms with E-state index in [2.05, 4.69) is 24.3 Å². The van der Waals surface area contributed by atoms with Crippen LogP contribution in [0.2, 0.25) is 0 Å². The van der Waals surface area contributed by atoms with Crippen LogP contribution in [-0.4, -0.2) is 5.91 Å². The number of anilines is 1. The third-order valence-corrected chi connectivity index (χ3v) is 4.74. The first-order chi connectivity index (χ1) is 13.2. The van der Waals surface area contributed by atoms with Gasteiger partial charge in [-0.2, -0.15) is 0 Å². The van der Waals surface area contributed by atoms with Crippen LogP contribution < -0.4 is 9.64 Å². The lowest BCUT2D eigenvalue weighted by molar-refractivity contribution is -0.116. The Labute approximate surface area is 159 Å². The van der Waals surface area contributed by atoms with Crippen molar-refractivity contribution in [2.45, 2.75) is 20.1 Å². The predicted octanol–water partition coefficient (Wildman–Crippen LogP) is 5.30. The van der Waals surface area contributed by atoms with Gasteiger partial charge in [-0.15, -0.1) is 0 Å². The largest absolute Gasteiger partial charge is 0.489 e. The summed E-state index contributed by atoms with van der Waals surface area (Å²) in [5, 5.41) is 0. The molecule has 0 unspecified atom stereocenters. The van der Waals surface area contributed by atoms with Crippen LogP contribution in [0.5, 0.6) is 5.75 Å². The van der Waals surface area contributed by atoms with Crippen molar-refractivity contribution in [1.82, 2.24) is 0 Å². The molecule has 3 aromatic rings. The number of para-hydroxylation sites is 1. The van der Waals surface area contributed by atoms with E-state index in [0.717, 1.165) is 33.7 Å². The summed E-state index contributed by atoms with van der Waals surface area (Å²) in [4.78, 5) is 14.1. The summed E-state index contributed by atoms with van der Waals surface area (Å²) < 4.78 is 5.96. The van der Waals surface area contributed by atoms with Crippen LogP contribution in [0, 0.1) is 0 Å². The summed E-state index contributed by atoms with van der Waals surface area (Å²) in [6, 6.07) is 24.2. The number of nitrogens with zero attached hydrogens (tertiary/aromatic N) is 1. The number of carbonyl (C=O) groups is 1. The molecule has 0 N–H and O–H groups in total. The lowest BCUT2D eigenvalue weighted by atomic mass is 10.0. The summed E-state index contributed by atoms with van der Waals surface area (Å²) >= 11 is 0. The first-order valence-electron chi connectivity index (χ1n) is 9.05. The molecule has 1 aliphatic rings. The Morgan fingerprint density at radius 1 is 0.926 bits per heavy atom. The highest BCUT2D eigenvalue weighted by Gasteiger charge is 2.18. The molecule has 3 aromatic carbocycles. The zero-order valence-electron chi connectivity index (χ0n) is 15.3. The Bertz CT molecular complexity index is 992. The molecule has 0 saturated heterocycles. The number of rotatable bonds is 3. The number of hydrogen-bond donors (Lipinski definition) is 0. The van der Waals surface area contributed by atoms with Gasteiger partial charge in [-0.25, -0.2) is 0 Å². The molecule has 0 atom stereocenters. The highest BCUT2D eigenvalue weighted by Crippen LogP contribution is 2.30. The zero-order valence-corrected chi connectivity index (χ0v) is 15.3. The first-order valence-corrected chi connectivity index (χ1v) is 9.05. The predicted molar refractivity (Wildman–Crippen MR) is 109 cm³/mol. The van der Waals surface area contributed by atoms with Gasteiger partial charge in [0.1, 0.15) is 12.4 Å². The Morgan fingerprint density at radius 3 is 2.48 bits per heavy atom. The second kappa shape index (κ2) is 7.50. The molecule has 0 saturated carbocycles. The third kappa shape index (κ3) is 3.77. The Morgan fingerprint density at radius 2 is 1.67 bits per heavy atom. The quantitative estimate of drug-likeness (QED) is 0.638. The van der Waals surface area contributed by atoms with E-state index in [1.54, 1.807) is 6.92 Å². The van der Waals surface area contributed by atoms with Gasteiger partial charge in [-0.1, -0.05) is 66.7 Å². The van der Waals surface area contributed by atoms with Crippen LogP contribution in [0.25, 0.3) is 12.2 Å². The molecule has 4 rings (SSSR count). The summed E-state index contributed by atoms with van der Waals surface area (Å²) in [5.74, 6) is 0.860. The van der Waals surface area contributed by atoms with E-state index in [1.165, 1.54) is 0 Å². The average Bonchev–Trinajstić information content (AvgIpc) is 2.69. The summed E-state index contributed by atoms with van der Waals surface area (Å²) in [6.07, 6.45) is 4.16. The van der Waals surface area contributed by atoms with Crippen LogP contribution in [0.4, 0.5) is 5.69 Å². The van der Waals surface area contributed by atoms with Gasteiger partial charge >= 0.3 is 0 Å². The zero-order chi connectivity index (χ0) is 18.6. The number of hydrogen-bond acceptors (Lipinski definition) is 2. The molecular formula is C24H21NO2. The highest BCUT2D eigenvalue weighted by atomic mass is 16.5. The van der Waals surface area contributed by atoms with Gasteiger partial charge < -0.3 is 9.64 Å². The van der Waals surface area contributed by atoms with E-state index < -0.39 is 0 Å². The molecule has 3 heteroatoms. The number of benzene rings is 3. The molecule has 1 aliphatic heterocycles. The van der Waals surface area contributed by atoms with Crippen molar-refractivity contribution in [2.24, 2.45) is 0 Å². The second-order valence-electron chi connectivity index (χ2n) is 6.63. The second-order valence-corrected chi connectivity index (χ2v) is 6.63. The number of ether oxygens (including phenoxy) is 1. The minimum Gasteiger partial charge on any atom is -0.489 e. The van der Waals surface area contributed by atoms with Gasteiger partial charge in [0.25, 0.3) is 0 Å². The standard InChI is InChI=1S/C24H21NO2/c1-18(26)25-16-22-13-14-23(27-17-19-7-3-2-4-8-19)15-21(22)12-11-20-9-5-6-10-24(20)25/h2-15H,16-17H2,1H3/b12-11-. The summed E-state index contributed by atoms with van der Waals surface area (Å²) in [6.45, 7) is 2.69. The van der Waals surface area contributed by atoms with Crippen LogP contribution in [0.3, 0.4) is 0 Å². The maximum absolute atomic E-state index is 12.2. The molecule has 0 bridgehead atoms. The lowest BCUT2D eigenvalue weighted by Gasteiger charge is -2.26. The van der Waals surface area contributed by atoms with Crippen molar-refractivity contribution >= 4 is 23.7 Å². The lowest BCUT2D eigenvalue weighted by Crippen LogP contribution is -2.29. The van der Waals surface area contributed by atoms with Gasteiger partial charge in [0.2, 0.25) is 5.91 Å². The highest BCUT2D eigenvalue weighted by molar-refractivity contribution is 5.95. The molecule has 0 aliphatic carbocycles. The van der Waals surface area contributed by atoms with Crippen molar-refractivity contribution < 1.29 is 9.53 Å². The van der Waals surface area contributed by atoms with Crippen molar-refractivity contribution in [3.63, 3.8) is 0 Å². The Kier molecular flexibility index (Phi) is 4.75. The molecule has 1 amide bonds. The fraction of sp³-hybridized carbons (Fsp3) is 0.125. The van der Waals surface area contributed by atoms with Gasteiger partial charge in [0.15, 0.2) is 0 Å². The Balaban J connectivity index is 1.64. The molecule has 3 nitrogen and oxygen atoms in total. The third-order valence-electron chi connectivity index (χ3n) is 4.74. The minimum absolute atomic E-state index is 0.0353. The molecule has 0 aromatic heterocycles. The van der Waals surface area contributed by atoms with E-state index in [9.17, 15) is 4.79 Å². The molecule has 1 heterocycles. The van der Waals surface area contributed by atoms with Gasteiger partial charge in [0.05, 0.1) is 12.2 Å². The fourth-order valence-corrected chi connectivity index (χ4v) is 3.29. The molecule has 134 valence electrons. The number of fused-ring (bicyclic) bond motifs is 2. The van der Waals surface area contributed by atoms with Crippen molar-refractivity contribution in [2.75, 3.05) is 4.90 Å². The van der Waals surface area contributed by atoms with E-state index in [-0.39, 0.29) is 5.91 Å². The number of carbonyl (C=O) groups excluding carboxylic acids is 1. The van der Waals surface area contributed by atoms with Gasteiger partial charge in [-0.05, 0) is 40.5 Å². The van der Waals surface area contributed by atoms with Crippen LogP contribution in [-0.2, 0) is 17.9 Å². The topological polar surface area (TPSA) is 29.5 Å². The van der Waals surface area contributed by atoms with Gasteiger partial charge in [0, 0.05) is 6.92 Å². The van der Waals surface area contributed by atoms with Crippen LogP contribution in [0.15, 0.2) is 72.8 Å². The Hall–Kier alpha value is -3.33. The van der Waals surface area contributed by atoms with E-state index in [1.807, 2.05) is 65.6 Å². The van der Waals surface area contributed by atoms with Crippen molar-refractivity contribution in [1.29, 1.82) is 0 Å². The summed E-state index contributed by atoms with van der Waals surface area (Å²) in [7, 11) is 0. The fourth-order valence-electron chi connectivity index (χ4n) is 3.29. The van der Waals surface area contributed by atoms with Crippen molar-refractivity contribution in [3.05, 3.63) is 95.1 Å². The monoisotopic (exact) mass is 355 g/mol. The maximum Gasteiger partial charge on any atom is 0.224 e.